The molecule has 1 aromatic rings. The number of nitrogens with zero attached hydrogens (tertiary/aromatic N) is 2. The standard InChI is InChI=1S/C10H16F3N3S/c1-9(2,3)17-15-8(10(11,12)13)7-5-6-14-16(7)4/h5-6,8,15H,1-4H3. The lowest BCUT2D eigenvalue weighted by Crippen LogP contribution is -2.34. The quantitative estimate of drug-likeness (QED) is 0.854. The van der Waals surface area contributed by atoms with E-state index < -0.39 is 12.2 Å². The van der Waals surface area contributed by atoms with Crippen molar-refractivity contribution in [1.29, 1.82) is 0 Å². The lowest BCUT2D eigenvalue weighted by molar-refractivity contribution is -0.154. The summed E-state index contributed by atoms with van der Waals surface area (Å²) < 4.78 is 42.2. The van der Waals surface area contributed by atoms with Crippen molar-refractivity contribution < 1.29 is 13.2 Å². The molecule has 0 aliphatic carbocycles. The third kappa shape index (κ3) is 4.23. The molecule has 98 valence electrons. The van der Waals surface area contributed by atoms with Crippen molar-refractivity contribution in [2.75, 3.05) is 0 Å². The summed E-state index contributed by atoms with van der Waals surface area (Å²) in [6, 6.07) is -0.340. The second kappa shape index (κ2) is 4.89. The summed E-state index contributed by atoms with van der Waals surface area (Å²) in [5, 5.41) is 3.76. The zero-order valence-electron chi connectivity index (χ0n) is 10.2. The van der Waals surface area contributed by atoms with Gasteiger partial charge in [0.2, 0.25) is 0 Å². The van der Waals surface area contributed by atoms with Gasteiger partial charge in [-0.25, -0.2) is 4.72 Å². The lowest BCUT2D eigenvalue weighted by Gasteiger charge is -2.25. The predicted molar refractivity (Wildman–Crippen MR) is 62.5 cm³/mol. The van der Waals surface area contributed by atoms with Crippen molar-refractivity contribution in [3.8, 4) is 0 Å². The van der Waals surface area contributed by atoms with Gasteiger partial charge in [-0.1, -0.05) is 11.9 Å². The van der Waals surface area contributed by atoms with Crippen LogP contribution in [0, 0.1) is 0 Å². The van der Waals surface area contributed by atoms with Crippen molar-refractivity contribution in [3.63, 3.8) is 0 Å². The second-order valence-electron chi connectivity index (χ2n) is 4.69. The van der Waals surface area contributed by atoms with Crippen molar-refractivity contribution in [2.24, 2.45) is 7.05 Å². The monoisotopic (exact) mass is 267 g/mol. The molecule has 1 rings (SSSR count). The van der Waals surface area contributed by atoms with E-state index in [0.717, 1.165) is 11.9 Å². The van der Waals surface area contributed by atoms with E-state index in [-0.39, 0.29) is 10.4 Å². The minimum atomic E-state index is -4.34. The number of aromatic nitrogens is 2. The molecule has 1 unspecified atom stereocenters. The highest BCUT2D eigenvalue weighted by molar-refractivity contribution is 7.98. The van der Waals surface area contributed by atoms with Crippen LogP contribution in [-0.2, 0) is 7.05 Å². The molecular formula is C10H16F3N3S. The fourth-order valence-corrected chi connectivity index (χ4v) is 1.92. The van der Waals surface area contributed by atoms with Gasteiger partial charge in [0.05, 0.1) is 5.69 Å². The van der Waals surface area contributed by atoms with Crippen molar-refractivity contribution in [1.82, 2.24) is 14.5 Å². The molecule has 1 heterocycles. The summed E-state index contributed by atoms with van der Waals surface area (Å²) >= 11 is 1.06. The average molecular weight is 267 g/mol. The van der Waals surface area contributed by atoms with Crippen LogP contribution in [0.5, 0.6) is 0 Å². The SMILES string of the molecule is Cn1nccc1C(NSC(C)(C)C)C(F)(F)F. The summed E-state index contributed by atoms with van der Waals surface area (Å²) in [5.74, 6) is 0. The third-order valence-corrected chi connectivity index (χ3v) is 2.93. The van der Waals surface area contributed by atoms with Crippen LogP contribution in [-0.4, -0.2) is 20.7 Å². The molecule has 0 aliphatic rings. The van der Waals surface area contributed by atoms with Gasteiger partial charge in [-0.2, -0.15) is 18.3 Å². The van der Waals surface area contributed by atoms with E-state index in [4.69, 9.17) is 0 Å². The maximum Gasteiger partial charge on any atom is 0.410 e. The van der Waals surface area contributed by atoms with Crippen molar-refractivity contribution in [2.45, 2.75) is 37.7 Å². The zero-order valence-corrected chi connectivity index (χ0v) is 11.0. The number of hydrogen-bond acceptors (Lipinski definition) is 3. The Morgan fingerprint density at radius 1 is 1.35 bits per heavy atom. The highest BCUT2D eigenvalue weighted by Gasteiger charge is 2.43. The Hall–Kier alpha value is -0.690. The lowest BCUT2D eigenvalue weighted by atomic mass is 10.2. The summed E-state index contributed by atoms with van der Waals surface area (Å²) in [7, 11) is 1.50. The first-order valence-corrected chi connectivity index (χ1v) is 5.91. The van der Waals surface area contributed by atoms with Crippen LogP contribution in [0.4, 0.5) is 13.2 Å². The van der Waals surface area contributed by atoms with Gasteiger partial charge >= 0.3 is 6.18 Å². The normalized spacial score (nSPS) is 15.0. The fourth-order valence-electron chi connectivity index (χ4n) is 1.20. The van der Waals surface area contributed by atoms with Crippen LogP contribution in [0.1, 0.15) is 32.5 Å². The molecule has 1 aromatic heterocycles. The number of hydrogen-bond donors (Lipinski definition) is 1. The van der Waals surface area contributed by atoms with Gasteiger partial charge in [-0.3, -0.25) is 4.68 Å². The van der Waals surface area contributed by atoms with E-state index in [9.17, 15) is 13.2 Å². The van der Waals surface area contributed by atoms with Crippen molar-refractivity contribution >= 4 is 11.9 Å². The number of rotatable bonds is 3. The summed E-state index contributed by atoms with van der Waals surface area (Å²) in [6.07, 6.45) is -2.98. The van der Waals surface area contributed by atoms with Crippen LogP contribution in [0.15, 0.2) is 12.3 Å². The number of alkyl halides is 3. The average Bonchev–Trinajstić information content (AvgIpc) is 2.48. The Morgan fingerprint density at radius 2 is 1.94 bits per heavy atom. The predicted octanol–water partition coefficient (Wildman–Crippen LogP) is 3.06. The van der Waals surface area contributed by atoms with Crippen LogP contribution in [0.2, 0.25) is 0 Å². The highest BCUT2D eigenvalue weighted by atomic mass is 32.2. The summed E-state index contributed by atoms with van der Waals surface area (Å²) in [5.41, 5.74) is 0.106. The van der Waals surface area contributed by atoms with Crippen LogP contribution in [0.3, 0.4) is 0 Å². The highest BCUT2D eigenvalue weighted by Crippen LogP contribution is 2.35. The van der Waals surface area contributed by atoms with Gasteiger partial charge in [0.25, 0.3) is 0 Å². The molecule has 1 N–H and O–H groups in total. The van der Waals surface area contributed by atoms with Gasteiger partial charge in [-0.05, 0) is 26.8 Å². The zero-order chi connectivity index (χ0) is 13.3. The van der Waals surface area contributed by atoms with E-state index in [1.54, 1.807) is 0 Å². The Labute approximate surface area is 103 Å². The summed E-state index contributed by atoms with van der Waals surface area (Å²) in [4.78, 5) is 0. The maximum absolute atomic E-state index is 12.9. The Morgan fingerprint density at radius 3 is 2.29 bits per heavy atom. The van der Waals surface area contributed by atoms with E-state index in [0.29, 0.717) is 0 Å². The van der Waals surface area contributed by atoms with Gasteiger partial charge in [0.15, 0.2) is 6.04 Å². The first-order valence-electron chi connectivity index (χ1n) is 5.09. The Bertz CT molecular complexity index is 368. The van der Waals surface area contributed by atoms with Crippen LogP contribution in [0.25, 0.3) is 0 Å². The van der Waals surface area contributed by atoms with Gasteiger partial charge in [0, 0.05) is 18.0 Å². The van der Waals surface area contributed by atoms with E-state index in [2.05, 4.69) is 9.82 Å². The largest absolute Gasteiger partial charge is 0.410 e. The minimum absolute atomic E-state index is 0.106. The van der Waals surface area contributed by atoms with Gasteiger partial charge in [0.1, 0.15) is 0 Å². The van der Waals surface area contributed by atoms with Crippen LogP contribution < -0.4 is 4.72 Å². The van der Waals surface area contributed by atoms with E-state index in [1.165, 1.54) is 24.0 Å². The molecule has 0 aromatic carbocycles. The molecule has 7 heteroatoms. The summed E-state index contributed by atoms with van der Waals surface area (Å²) in [6.45, 7) is 5.55. The maximum atomic E-state index is 12.9. The molecule has 0 spiro atoms. The Kier molecular flexibility index (Phi) is 4.14. The molecule has 0 amide bonds. The molecular weight excluding hydrogens is 251 g/mol. The third-order valence-electron chi connectivity index (χ3n) is 1.96. The van der Waals surface area contributed by atoms with Gasteiger partial charge in [-0.15, -0.1) is 0 Å². The van der Waals surface area contributed by atoms with E-state index in [1.807, 2.05) is 20.8 Å². The fraction of sp³-hybridized carbons (Fsp3) is 0.700. The first kappa shape index (κ1) is 14.4. The molecule has 1 atom stereocenters. The Balaban J connectivity index is 2.87. The second-order valence-corrected chi connectivity index (χ2v) is 6.35. The van der Waals surface area contributed by atoms with E-state index >= 15 is 0 Å². The molecule has 0 fully saturated rings. The number of aryl methyl sites for hydroxylation is 1. The molecule has 17 heavy (non-hydrogen) atoms. The molecule has 0 bridgehead atoms. The minimum Gasteiger partial charge on any atom is -0.271 e. The topological polar surface area (TPSA) is 29.9 Å². The number of halogens is 3. The molecule has 0 radical (unpaired) electrons. The van der Waals surface area contributed by atoms with Crippen LogP contribution >= 0.6 is 11.9 Å². The first-order chi connectivity index (χ1) is 7.61. The molecule has 0 aliphatic heterocycles. The van der Waals surface area contributed by atoms with Crippen molar-refractivity contribution in [3.05, 3.63) is 18.0 Å². The van der Waals surface area contributed by atoms with Gasteiger partial charge < -0.3 is 0 Å². The molecule has 0 saturated heterocycles. The molecule has 0 saturated carbocycles. The molecule has 3 nitrogen and oxygen atoms in total. The smallest absolute Gasteiger partial charge is 0.271 e. The number of nitrogens with one attached hydrogen (secondary N) is 1.